The third-order valence-corrected chi connectivity index (χ3v) is 10.9. The number of ether oxygens (including phenoxy) is 1. The summed E-state index contributed by atoms with van der Waals surface area (Å²) in [5.74, 6) is 8.62. The van der Waals surface area contributed by atoms with Gasteiger partial charge in [0, 0.05) is 37.0 Å². The Labute approximate surface area is 233 Å². The third kappa shape index (κ3) is 4.59. The van der Waals surface area contributed by atoms with Crippen LogP contribution in [0.4, 0.5) is 5.69 Å². The molecule has 5 heteroatoms. The molecule has 39 heavy (non-hydrogen) atoms. The van der Waals surface area contributed by atoms with E-state index in [4.69, 9.17) is 4.74 Å². The summed E-state index contributed by atoms with van der Waals surface area (Å²) in [5.41, 5.74) is 7.09. The largest absolute Gasteiger partial charge is 0.378 e. The normalized spacial score (nSPS) is 35.7. The van der Waals surface area contributed by atoms with Crippen LogP contribution in [0.5, 0.6) is 0 Å². The first kappa shape index (κ1) is 26.5. The topological polar surface area (TPSA) is 59.0 Å². The minimum atomic E-state index is -0.230. The van der Waals surface area contributed by atoms with Crippen LogP contribution in [-0.2, 0) is 9.53 Å². The zero-order chi connectivity index (χ0) is 27.1. The van der Waals surface area contributed by atoms with Crippen molar-refractivity contribution in [1.82, 2.24) is 0 Å². The van der Waals surface area contributed by atoms with Crippen molar-refractivity contribution in [2.24, 2.45) is 34.3 Å². The summed E-state index contributed by atoms with van der Waals surface area (Å²) in [5, 5.41) is 3.45. The predicted molar refractivity (Wildman–Crippen MR) is 155 cm³/mol. The van der Waals surface area contributed by atoms with E-state index in [2.05, 4.69) is 59.2 Å². The highest BCUT2D eigenvalue weighted by Gasteiger charge is 2.58. The van der Waals surface area contributed by atoms with E-state index in [0.717, 1.165) is 71.2 Å². The maximum absolute atomic E-state index is 12.9. The van der Waals surface area contributed by atoms with Crippen LogP contribution in [0.15, 0.2) is 52.2 Å². The molecule has 0 radical (unpaired) electrons. The average Bonchev–Trinajstić information content (AvgIpc) is 3.33. The number of hydrogen-bond acceptors (Lipinski definition) is 5. The molecule has 5 aliphatic rings. The number of carbonyl (C=O) groups excluding carboxylic acids is 1. The molecule has 1 aromatic rings. The summed E-state index contributed by atoms with van der Waals surface area (Å²) in [6.45, 7) is 9.58. The average molecular weight is 527 g/mol. The summed E-state index contributed by atoms with van der Waals surface area (Å²) < 4.78 is 5.56. The molecule has 5 nitrogen and oxygen atoms in total. The van der Waals surface area contributed by atoms with Crippen LogP contribution in [0.2, 0.25) is 0 Å². The number of morpholine rings is 1. The number of nitrogens with zero attached hydrogens (tertiary/aromatic N) is 2. The lowest BCUT2D eigenvalue weighted by Crippen LogP contribution is -2.45. The first-order valence-electron chi connectivity index (χ1n) is 15.0. The monoisotopic (exact) mass is 526 g/mol. The lowest BCUT2D eigenvalue weighted by Gasteiger charge is -2.54. The van der Waals surface area contributed by atoms with E-state index in [-0.39, 0.29) is 17.4 Å². The second kappa shape index (κ2) is 10.7. The summed E-state index contributed by atoms with van der Waals surface area (Å²) in [6.07, 6.45) is 8.97. The van der Waals surface area contributed by atoms with Gasteiger partial charge in [0.05, 0.1) is 13.2 Å². The molecule has 7 atom stereocenters. The summed E-state index contributed by atoms with van der Waals surface area (Å²) in [4.78, 5) is 26.9. The number of rotatable bonds is 5. The van der Waals surface area contributed by atoms with Gasteiger partial charge in [-0.25, -0.2) is 0 Å². The smallest absolute Gasteiger partial charge is 0.133 e. The first-order valence-corrected chi connectivity index (χ1v) is 15.0. The lowest BCUT2D eigenvalue weighted by molar-refractivity contribution is -0.125. The number of anilines is 1. The predicted octanol–water partition coefficient (Wildman–Crippen LogP) is 6.83. The second-order valence-corrected chi connectivity index (χ2v) is 12.7. The van der Waals surface area contributed by atoms with Gasteiger partial charge in [0.2, 0.25) is 0 Å². The molecule has 0 bridgehead atoms. The fraction of sp³-hybridized carbons (Fsp3) is 0.618. The Balaban J connectivity index is 1.46. The number of Topliss-reactive ketones (excluding diaryl/α,β-unsaturated/α-hetero) is 1. The van der Waals surface area contributed by atoms with Crippen molar-refractivity contribution in [3.05, 3.63) is 57.5 Å². The highest BCUT2D eigenvalue weighted by molar-refractivity contribution is 5.79. The molecule has 4 aliphatic carbocycles. The van der Waals surface area contributed by atoms with Crippen molar-refractivity contribution < 1.29 is 9.53 Å². The highest BCUT2D eigenvalue weighted by atomic mass is 16.5. The fourth-order valence-corrected chi connectivity index (χ4v) is 9.13. The zero-order valence-electron chi connectivity index (χ0n) is 23.7. The van der Waals surface area contributed by atoms with E-state index in [9.17, 15) is 9.70 Å². The SMILES string of the molecule is CC#CCC1C[C@@H]2C(=C3CCC(N=O)C=C31)[C@@H](c1ccc(N3CCOCC3)cc1)C[C@]1(C)[C@@H](C(C)=O)CC[C@@H]21. The number of fused-ring (bicyclic) bond motifs is 4. The van der Waals surface area contributed by atoms with Gasteiger partial charge >= 0.3 is 0 Å². The molecule has 1 aliphatic heterocycles. The molecule has 0 N–H and O–H groups in total. The van der Waals surface area contributed by atoms with Crippen LogP contribution in [0, 0.1) is 45.8 Å². The van der Waals surface area contributed by atoms with Gasteiger partial charge in [0.15, 0.2) is 0 Å². The number of hydrogen-bond donors (Lipinski definition) is 0. The molecule has 0 spiro atoms. The van der Waals surface area contributed by atoms with Gasteiger partial charge in [-0.1, -0.05) is 35.9 Å². The Morgan fingerprint density at radius 3 is 2.62 bits per heavy atom. The number of ketones is 1. The molecule has 1 aromatic carbocycles. The summed E-state index contributed by atoms with van der Waals surface area (Å²) >= 11 is 0. The van der Waals surface area contributed by atoms with Crippen molar-refractivity contribution in [3.8, 4) is 11.8 Å². The number of nitroso groups, excluding NO2 is 1. The van der Waals surface area contributed by atoms with Gasteiger partial charge in [-0.3, -0.25) is 4.79 Å². The van der Waals surface area contributed by atoms with E-state index >= 15 is 0 Å². The second-order valence-electron chi connectivity index (χ2n) is 12.7. The van der Waals surface area contributed by atoms with Gasteiger partial charge < -0.3 is 9.64 Å². The molecule has 3 fully saturated rings. The standard InChI is InChI=1S/C34H42N2O3/c1-4-5-6-24-19-29-32-14-13-31(22(2)37)34(32,3)21-30(33(29)27-12-9-25(35-38)20-28(24)27)23-7-10-26(11-8-23)36-15-17-39-18-16-36/h7-8,10-11,20,24-25,29-32H,6,9,12-19,21H2,1-3H3/t24?,25?,29-,30+,31+,32-,34+/m0/s1. The number of benzene rings is 1. The van der Waals surface area contributed by atoms with Crippen LogP contribution in [0.25, 0.3) is 0 Å². The molecule has 0 amide bonds. The van der Waals surface area contributed by atoms with Crippen LogP contribution >= 0.6 is 0 Å². The molecular formula is C34H42N2O3. The van der Waals surface area contributed by atoms with Gasteiger partial charge in [-0.05, 0) is 104 Å². The maximum atomic E-state index is 12.9. The molecule has 1 heterocycles. The molecular weight excluding hydrogens is 484 g/mol. The van der Waals surface area contributed by atoms with Crippen molar-refractivity contribution in [2.45, 2.75) is 77.7 Å². The van der Waals surface area contributed by atoms with Crippen LogP contribution < -0.4 is 4.90 Å². The summed E-state index contributed by atoms with van der Waals surface area (Å²) in [7, 11) is 0. The van der Waals surface area contributed by atoms with Gasteiger partial charge in [0.25, 0.3) is 0 Å². The van der Waals surface area contributed by atoms with Gasteiger partial charge in [-0.2, -0.15) is 4.91 Å². The Kier molecular flexibility index (Phi) is 7.27. The molecule has 2 saturated carbocycles. The van der Waals surface area contributed by atoms with Crippen molar-refractivity contribution in [2.75, 3.05) is 31.2 Å². The Hall–Kier alpha value is -2.71. The Morgan fingerprint density at radius 2 is 1.92 bits per heavy atom. The minimum absolute atomic E-state index is 0.0118. The lowest BCUT2D eigenvalue weighted by atomic mass is 9.50. The van der Waals surface area contributed by atoms with Crippen molar-refractivity contribution in [1.29, 1.82) is 0 Å². The fourth-order valence-electron chi connectivity index (χ4n) is 9.13. The molecule has 6 rings (SSSR count). The van der Waals surface area contributed by atoms with Gasteiger partial charge in [-0.15, -0.1) is 11.8 Å². The number of carbonyl (C=O) groups is 1. The minimum Gasteiger partial charge on any atom is -0.378 e. The van der Waals surface area contributed by atoms with Gasteiger partial charge in [0.1, 0.15) is 11.8 Å². The van der Waals surface area contributed by atoms with E-state index in [1.807, 2.05) is 13.8 Å². The quantitative estimate of drug-likeness (QED) is 0.312. The van der Waals surface area contributed by atoms with Crippen molar-refractivity contribution >= 4 is 11.5 Å². The Bertz CT molecular complexity index is 1250. The Morgan fingerprint density at radius 1 is 1.15 bits per heavy atom. The molecule has 0 aromatic heterocycles. The van der Waals surface area contributed by atoms with Crippen LogP contribution in [0.3, 0.4) is 0 Å². The molecule has 206 valence electrons. The van der Waals surface area contributed by atoms with E-state index in [0.29, 0.717) is 29.5 Å². The summed E-state index contributed by atoms with van der Waals surface area (Å²) in [6, 6.07) is 9.04. The maximum Gasteiger partial charge on any atom is 0.133 e. The van der Waals surface area contributed by atoms with E-state index in [1.165, 1.54) is 22.4 Å². The van der Waals surface area contributed by atoms with E-state index < -0.39 is 0 Å². The van der Waals surface area contributed by atoms with Crippen LogP contribution in [0.1, 0.15) is 77.2 Å². The third-order valence-electron chi connectivity index (χ3n) is 10.9. The first-order chi connectivity index (χ1) is 18.9. The zero-order valence-corrected chi connectivity index (χ0v) is 23.7. The molecule has 2 unspecified atom stereocenters. The van der Waals surface area contributed by atoms with Crippen molar-refractivity contribution in [3.63, 3.8) is 0 Å². The van der Waals surface area contributed by atoms with Crippen LogP contribution in [-0.4, -0.2) is 38.1 Å². The molecule has 1 saturated heterocycles. The highest BCUT2D eigenvalue weighted by Crippen LogP contribution is 2.66. The van der Waals surface area contributed by atoms with E-state index in [1.54, 1.807) is 5.57 Å². The number of allylic oxidation sites excluding steroid dienone is 3.